The Kier molecular flexibility index (Phi) is 4.47. The van der Waals surface area contributed by atoms with Crippen molar-refractivity contribution in [2.24, 2.45) is 5.73 Å². The highest BCUT2D eigenvalue weighted by molar-refractivity contribution is 5.81. The molecule has 0 aliphatic heterocycles. The number of carbonyl (C=O) groups excluding carboxylic acids is 1. The SMILES string of the molecule is NC(=O)C(NC1CCCCC1)c1ccc(F)c(F)c1. The molecule has 5 heteroatoms. The number of rotatable bonds is 4. The molecule has 1 unspecified atom stereocenters. The second-order valence-corrected chi connectivity index (χ2v) is 5.01. The van der Waals surface area contributed by atoms with Crippen LogP contribution in [0.15, 0.2) is 18.2 Å². The van der Waals surface area contributed by atoms with Crippen molar-refractivity contribution in [1.29, 1.82) is 0 Å². The van der Waals surface area contributed by atoms with Gasteiger partial charge in [-0.1, -0.05) is 25.3 Å². The average Bonchev–Trinajstić information content (AvgIpc) is 2.40. The molecule has 1 aliphatic rings. The van der Waals surface area contributed by atoms with Crippen LogP contribution < -0.4 is 11.1 Å². The van der Waals surface area contributed by atoms with Gasteiger partial charge >= 0.3 is 0 Å². The summed E-state index contributed by atoms with van der Waals surface area (Å²) in [5.74, 6) is -2.46. The zero-order chi connectivity index (χ0) is 13.8. The quantitative estimate of drug-likeness (QED) is 0.881. The summed E-state index contributed by atoms with van der Waals surface area (Å²) in [7, 11) is 0. The zero-order valence-electron chi connectivity index (χ0n) is 10.7. The maximum Gasteiger partial charge on any atom is 0.239 e. The second kappa shape index (κ2) is 6.10. The van der Waals surface area contributed by atoms with E-state index in [4.69, 9.17) is 5.73 Å². The first-order valence-electron chi connectivity index (χ1n) is 6.58. The summed E-state index contributed by atoms with van der Waals surface area (Å²) in [4.78, 5) is 11.5. The number of hydrogen-bond acceptors (Lipinski definition) is 2. The minimum atomic E-state index is -0.964. The predicted molar refractivity (Wildman–Crippen MR) is 68.3 cm³/mol. The van der Waals surface area contributed by atoms with E-state index in [0.717, 1.165) is 37.8 Å². The summed E-state index contributed by atoms with van der Waals surface area (Å²) in [5.41, 5.74) is 5.73. The van der Waals surface area contributed by atoms with Crippen molar-refractivity contribution in [3.63, 3.8) is 0 Å². The first kappa shape index (κ1) is 13.9. The molecule has 1 aromatic carbocycles. The van der Waals surface area contributed by atoms with Gasteiger partial charge in [0, 0.05) is 6.04 Å². The third-order valence-corrected chi connectivity index (χ3v) is 3.57. The van der Waals surface area contributed by atoms with Gasteiger partial charge < -0.3 is 5.73 Å². The number of primary amides is 1. The Hall–Kier alpha value is -1.49. The van der Waals surface area contributed by atoms with Crippen LogP contribution in [0, 0.1) is 11.6 Å². The van der Waals surface area contributed by atoms with Gasteiger partial charge in [0.1, 0.15) is 6.04 Å². The molecule has 2 rings (SSSR count). The van der Waals surface area contributed by atoms with E-state index >= 15 is 0 Å². The number of halogens is 2. The molecule has 3 N–H and O–H groups in total. The lowest BCUT2D eigenvalue weighted by molar-refractivity contribution is -0.120. The molecule has 1 aliphatic carbocycles. The van der Waals surface area contributed by atoms with E-state index in [1.54, 1.807) is 0 Å². The van der Waals surface area contributed by atoms with Gasteiger partial charge in [-0.25, -0.2) is 8.78 Å². The summed E-state index contributed by atoms with van der Waals surface area (Å²) in [6, 6.07) is 2.88. The first-order valence-corrected chi connectivity index (χ1v) is 6.58. The molecule has 19 heavy (non-hydrogen) atoms. The number of nitrogens with one attached hydrogen (secondary N) is 1. The third kappa shape index (κ3) is 3.50. The monoisotopic (exact) mass is 268 g/mol. The van der Waals surface area contributed by atoms with Gasteiger partial charge in [-0.05, 0) is 30.5 Å². The highest BCUT2D eigenvalue weighted by atomic mass is 19.2. The predicted octanol–water partition coefficient (Wildman–Crippen LogP) is 2.41. The molecule has 0 radical (unpaired) electrons. The van der Waals surface area contributed by atoms with Crippen LogP contribution in [0.3, 0.4) is 0 Å². The maximum absolute atomic E-state index is 13.2. The lowest BCUT2D eigenvalue weighted by Crippen LogP contribution is -2.41. The van der Waals surface area contributed by atoms with Crippen LogP contribution in [-0.4, -0.2) is 11.9 Å². The Bertz CT molecular complexity index is 459. The van der Waals surface area contributed by atoms with E-state index in [1.165, 1.54) is 12.5 Å². The molecule has 1 aromatic rings. The largest absolute Gasteiger partial charge is 0.368 e. The molecule has 3 nitrogen and oxygen atoms in total. The zero-order valence-corrected chi connectivity index (χ0v) is 10.7. The fraction of sp³-hybridized carbons (Fsp3) is 0.500. The second-order valence-electron chi connectivity index (χ2n) is 5.01. The molecular formula is C14H18F2N2O. The number of hydrogen-bond donors (Lipinski definition) is 2. The number of amides is 1. The summed E-state index contributed by atoms with van der Waals surface area (Å²) < 4.78 is 26.1. The van der Waals surface area contributed by atoms with E-state index in [2.05, 4.69) is 5.32 Å². The molecule has 104 valence electrons. The minimum absolute atomic E-state index is 0.208. The molecular weight excluding hydrogens is 250 g/mol. The van der Waals surface area contributed by atoms with Crippen molar-refractivity contribution < 1.29 is 13.6 Å². The highest BCUT2D eigenvalue weighted by Crippen LogP contribution is 2.22. The Morgan fingerprint density at radius 1 is 1.21 bits per heavy atom. The maximum atomic E-state index is 13.2. The van der Waals surface area contributed by atoms with E-state index in [0.29, 0.717) is 5.56 Å². The van der Waals surface area contributed by atoms with E-state index in [-0.39, 0.29) is 6.04 Å². The van der Waals surface area contributed by atoms with Gasteiger partial charge in [0.05, 0.1) is 0 Å². The molecule has 0 spiro atoms. The van der Waals surface area contributed by atoms with E-state index < -0.39 is 23.6 Å². The number of carbonyl (C=O) groups is 1. The van der Waals surface area contributed by atoms with E-state index in [9.17, 15) is 13.6 Å². The van der Waals surface area contributed by atoms with Gasteiger partial charge in [-0.3, -0.25) is 10.1 Å². The smallest absolute Gasteiger partial charge is 0.239 e. The van der Waals surface area contributed by atoms with Crippen molar-refractivity contribution >= 4 is 5.91 Å². The minimum Gasteiger partial charge on any atom is -0.368 e. The van der Waals surface area contributed by atoms with Crippen molar-refractivity contribution in [2.45, 2.75) is 44.2 Å². The van der Waals surface area contributed by atoms with Crippen LogP contribution in [0.2, 0.25) is 0 Å². The summed E-state index contributed by atoms with van der Waals surface area (Å²) in [6.45, 7) is 0. The fourth-order valence-corrected chi connectivity index (χ4v) is 2.54. The van der Waals surface area contributed by atoms with Gasteiger partial charge in [0.2, 0.25) is 5.91 Å². The van der Waals surface area contributed by atoms with Crippen LogP contribution in [0.5, 0.6) is 0 Å². The van der Waals surface area contributed by atoms with Gasteiger partial charge in [-0.15, -0.1) is 0 Å². The van der Waals surface area contributed by atoms with Crippen molar-refractivity contribution in [2.75, 3.05) is 0 Å². The highest BCUT2D eigenvalue weighted by Gasteiger charge is 2.23. The van der Waals surface area contributed by atoms with Crippen LogP contribution in [-0.2, 0) is 4.79 Å². The van der Waals surface area contributed by atoms with Crippen molar-refractivity contribution in [3.8, 4) is 0 Å². The number of benzene rings is 1. The van der Waals surface area contributed by atoms with Crippen molar-refractivity contribution in [3.05, 3.63) is 35.4 Å². The molecule has 1 saturated carbocycles. The summed E-state index contributed by atoms with van der Waals surface area (Å²) in [5, 5.41) is 3.15. The van der Waals surface area contributed by atoms with E-state index in [1.807, 2.05) is 0 Å². The Labute approximate surface area is 111 Å². The van der Waals surface area contributed by atoms with Crippen LogP contribution >= 0.6 is 0 Å². The third-order valence-electron chi connectivity index (χ3n) is 3.57. The van der Waals surface area contributed by atoms with Crippen LogP contribution in [0.1, 0.15) is 43.7 Å². The normalized spacial score (nSPS) is 18.2. The molecule has 1 fully saturated rings. The first-order chi connectivity index (χ1) is 9.08. The molecule has 1 atom stereocenters. The Balaban J connectivity index is 2.14. The van der Waals surface area contributed by atoms with Gasteiger partial charge in [0.25, 0.3) is 0 Å². The molecule has 1 amide bonds. The lowest BCUT2D eigenvalue weighted by atomic mass is 9.94. The van der Waals surface area contributed by atoms with Crippen LogP contribution in [0.25, 0.3) is 0 Å². The summed E-state index contributed by atoms with van der Waals surface area (Å²) in [6.07, 6.45) is 5.38. The Morgan fingerprint density at radius 3 is 2.47 bits per heavy atom. The lowest BCUT2D eigenvalue weighted by Gasteiger charge is -2.27. The van der Waals surface area contributed by atoms with Gasteiger partial charge in [0.15, 0.2) is 11.6 Å². The number of nitrogens with two attached hydrogens (primary N) is 1. The summed E-state index contributed by atoms with van der Waals surface area (Å²) >= 11 is 0. The standard InChI is InChI=1S/C14H18F2N2O/c15-11-7-6-9(8-12(11)16)13(14(17)19)18-10-4-2-1-3-5-10/h6-8,10,13,18H,1-5H2,(H2,17,19). The average molecular weight is 268 g/mol. The van der Waals surface area contributed by atoms with Crippen LogP contribution in [0.4, 0.5) is 8.78 Å². The molecule has 0 saturated heterocycles. The fourth-order valence-electron chi connectivity index (χ4n) is 2.54. The molecule has 0 bridgehead atoms. The topological polar surface area (TPSA) is 55.1 Å². The molecule has 0 heterocycles. The van der Waals surface area contributed by atoms with Gasteiger partial charge in [-0.2, -0.15) is 0 Å². The molecule has 0 aromatic heterocycles. The Morgan fingerprint density at radius 2 is 1.89 bits per heavy atom. The van der Waals surface area contributed by atoms with Crippen molar-refractivity contribution in [1.82, 2.24) is 5.32 Å².